The number of unbranched alkanes of at least 4 members (excludes halogenated alkanes) is 1. The van der Waals surface area contributed by atoms with E-state index in [0.29, 0.717) is 18.7 Å². The molecule has 0 fully saturated rings. The number of hydrogen-bond donors (Lipinski definition) is 2. The summed E-state index contributed by atoms with van der Waals surface area (Å²) in [6.07, 6.45) is 3.30. The van der Waals surface area contributed by atoms with E-state index in [1.807, 2.05) is 42.2 Å². The lowest BCUT2D eigenvalue weighted by Crippen LogP contribution is -2.52. The summed E-state index contributed by atoms with van der Waals surface area (Å²) in [5, 5.41) is 10.4. The molecule has 0 saturated carbocycles. The Balaban J connectivity index is 2.25. The number of para-hydroxylation sites is 1. The van der Waals surface area contributed by atoms with Crippen LogP contribution in [0, 0.1) is 0 Å². The van der Waals surface area contributed by atoms with Crippen LogP contribution in [0.5, 0.6) is 11.5 Å². The van der Waals surface area contributed by atoms with Crippen LogP contribution in [0.4, 0.5) is 11.4 Å². The predicted molar refractivity (Wildman–Crippen MR) is 111 cm³/mol. The minimum absolute atomic E-state index is 0.0880. The molecule has 2 aromatic carbocycles. The first-order chi connectivity index (χ1) is 13.4. The van der Waals surface area contributed by atoms with Crippen LogP contribution in [0.15, 0.2) is 47.4 Å². The Morgan fingerprint density at radius 1 is 1.21 bits per heavy atom. The summed E-state index contributed by atoms with van der Waals surface area (Å²) in [6.45, 7) is 4.59. The van der Waals surface area contributed by atoms with E-state index >= 15 is 0 Å². The molecule has 0 aromatic heterocycles. The van der Waals surface area contributed by atoms with E-state index in [1.165, 1.54) is 19.2 Å². The zero-order valence-electron chi connectivity index (χ0n) is 16.6. The molecule has 1 aliphatic heterocycles. The maximum Gasteiger partial charge on any atom is 0.243 e. The predicted octanol–water partition coefficient (Wildman–Crippen LogP) is 4.17. The number of nitrogens with one attached hydrogen (secondary N) is 1. The second-order valence-electron chi connectivity index (χ2n) is 7.26. The number of methoxy groups -OCH3 is 1. The van der Waals surface area contributed by atoms with Gasteiger partial charge < -0.3 is 14.7 Å². The first-order valence-corrected chi connectivity index (χ1v) is 11.1. The summed E-state index contributed by atoms with van der Waals surface area (Å²) in [5.41, 5.74) is 0.720. The molecule has 3 rings (SSSR count). The Bertz CT molecular complexity index is 931. The fraction of sp³-hybridized carbons (Fsp3) is 0.429. The van der Waals surface area contributed by atoms with Gasteiger partial charge in [0.25, 0.3) is 0 Å². The van der Waals surface area contributed by atoms with Gasteiger partial charge in [-0.1, -0.05) is 44.9 Å². The highest BCUT2D eigenvalue weighted by Gasteiger charge is 2.41. The van der Waals surface area contributed by atoms with Crippen molar-refractivity contribution in [2.45, 2.75) is 50.0 Å². The summed E-state index contributed by atoms with van der Waals surface area (Å²) in [5.74, 6) is 0.0460. The molecule has 0 spiro atoms. The zero-order valence-corrected chi connectivity index (χ0v) is 17.4. The van der Waals surface area contributed by atoms with Crippen LogP contribution in [-0.4, -0.2) is 32.7 Å². The Morgan fingerprint density at radius 2 is 1.93 bits per heavy atom. The smallest absolute Gasteiger partial charge is 0.243 e. The lowest BCUT2D eigenvalue weighted by atomic mass is 9.89. The van der Waals surface area contributed by atoms with Gasteiger partial charge in [-0.3, -0.25) is 0 Å². The van der Waals surface area contributed by atoms with Gasteiger partial charge in [-0.2, -0.15) is 0 Å². The van der Waals surface area contributed by atoms with Crippen LogP contribution in [0.25, 0.3) is 0 Å². The average molecular weight is 405 g/mol. The molecule has 7 heteroatoms. The van der Waals surface area contributed by atoms with Crippen molar-refractivity contribution in [3.63, 3.8) is 0 Å². The van der Waals surface area contributed by atoms with E-state index < -0.39 is 15.6 Å². The highest BCUT2D eigenvalue weighted by atomic mass is 32.2. The van der Waals surface area contributed by atoms with Crippen LogP contribution >= 0.6 is 0 Å². The molecule has 0 radical (unpaired) electrons. The number of ether oxygens (including phenoxy) is 1. The van der Waals surface area contributed by atoms with Crippen molar-refractivity contribution in [1.29, 1.82) is 0 Å². The van der Waals surface area contributed by atoms with Gasteiger partial charge in [-0.25, -0.2) is 13.1 Å². The average Bonchev–Trinajstić information content (AvgIpc) is 2.79. The van der Waals surface area contributed by atoms with Crippen LogP contribution in [0.2, 0.25) is 0 Å². The topological polar surface area (TPSA) is 78.9 Å². The second-order valence-corrected chi connectivity index (χ2v) is 8.91. The van der Waals surface area contributed by atoms with E-state index in [2.05, 4.69) is 11.6 Å². The summed E-state index contributed by atoms with van der Waals surface area (Å²) < 4.78 is 34.8. The van der Waals surface area contributed by atoms with Crippen molar-refractivity contribution in [3.05, 3.63) is 42.5 Å². The van der Waals surface area contributed by atoms with Gasteiger partial charge in [0.15, 0.2) is 11.5 Å². The quantitative estimate of drug-likeness (QED) is 0.755. The second kappa shape index (κ2) is 8.01. The number of benzene rings is 2. The third-order valence-electron chi connectivity index (χ3n) is 5.41. The number of phenolic OH excluding ortho intramolecular Hbond substituents is 1. The van der Waals surface area contributed by atoms with E-state index in [4.69, 9.17) is 4.74 Å². The number of sulfonamides is 1. The normalized spacial score (nSPS) is 21.0. The number of rotatable bonds is 6. The lowest BCUT2D eigenvalue weighted by Gasteiger charge is -2.36. The third kappa shape index (κ3) is 3.82. The van der Waals surface area contributed by atoms with Gasteiger partial charge in [0.05, 0.1) is 18.3 Å². The highest BCUT2D eigenvalue weighted by molar-refractivity contribution is 7.89. The largest absolute Gasteiger partial charge is 0.504 e. The molecule has 1 atom stereocenters. The lowest BCUT2D eigenvalue weighted by molar-refractivity contribution is 0.341. The third-order valence-corrected chi connectivity index (χ3v) is 7.01. The monoisotopic (exact) mass is 404 g/mol. The number of aromatic hydroxyl groups is 1. The number of nitrogens with zero attached hydrogens (tertiary/aromatic N) is 1. The maximum atomic E-state index is 13.3. The number of fused-ring (bicyclic) bond motifs is 1. The van der Waals surface area contributed by atoms with Gasteiger partial charge in [-0.15, -0.1) is 0 Å². The van der Waals surface area contributed by atoms with E-state index in [0.717, 1.165) is 24.9 Å². The van der Waals surface area contributed by atoms with Crippen LogP contribution in [0.3, 0.4) is 0 Å². The van der Waals surface area contributed by atoms with Crippen molar-refractivity contribution < 1.29 is 18.3 Å². The molecule has 1 heterocycles. The zero-order chi connectivity index (χ0) is 20.4. The Kier molecular flexibility index (Phi) is 5.86. The van der Waals surface area contributed by atoms with E-state index in [-0.39, 0.29) is 16.4 Å². The van der Waals surface area contributed by atoms with Gasteiger partial charge >= 0.3 is 0 Å². The van der Waals surface area contributed by atoms with Crippen molar-refractivity contribution in [1.82, 2.24) is 4.72 Å². The minimum Gasteiger partial charge on any atom is -0.504 e. The molecule has 0 aliphatic carbocycles. The molecule has 0 unspecified atom stereocenters. The molecule has 0 bridgehead atoms. The summed E-state index contributed by atoms with van der Waals surface area (Å²) in [4.78, 5) is 2.09. The SMILES string of the molecule is CCCC[C@@]1(CC)CN(c2ccccc2)c2cc(O)c(OC)cc2S(=O)(=O)N1. The molecular weight excluding hydrogens is 376 g/mol. The molecule has 28 heavy (non-hydrogen) atoms. The molecule has 2 N–H and O–H groups in total. The molecule has 152 valence electrons. The summed E-state index contributed by atoms with van der Waals surface area (Å²) in [6, 6.07) is 12.5. The van der Waals surface area contributed by atoms with E-state index in [1.54, 1.807) is 0 Å². The van der Waals surface area contributed by atoms with Gasteiger partial charge in [0, 0.05) is 24.4 Å². The number of anilines is 2. The minimum atomic E-state index is -3.80. The first-order valence-electron chi connectivity index (χ1n) is 9.63. The molecule has 0 saturated heterocycles. The van der Waals surface area contributed by atoms with Crippen molar-refractivity contribution in [2.24, 2.45) is 0 Å². The van der Waals surface area contributed by atoms with Crippen LogP contribution in [0.1, 0.15) is 39.5 Å². The van der Waals surface area contributed by atoms with Crippen molar-refractivity contribution in [3.8, 4) is 11.5 Å². The molecule has 0 amide bonds. The Labute approximate surface area is 167 Å². The standard InChI is InChI=1S/C21H28N2O4S/c1-4-6-12-21(5-2)15-23(16-10-8-7-9-11-16)17-13-18(24)19(27-3)14-20(17)28(25,26)22-21/h7-11,13-14,22,24H,4-6,12,15H2,1-3H3/t21-/m0/s1. The van der Waals surface area contributed by atoms with E-state index in [9.17, 15) is 13.5 Å². The van der Waals surface area contributed by atoms with Crippen molar-refractivity contribution in [2.75, 3.05) is 18.6 Å². The Morgan fingerprint density at radius 3 is 2.54 bits per heavy atom. The molecule has 1 aliphatic rings. The highest BCUT2D eigenvalue weighted by Crippen LogP contribution is 2.43. The number of hydrogen-bond acceptors (Lipinski definition) is 5. The van der Waals surface area contributed by atoms with Crippen LogP contribution < -0.4 is 14.4 Å². The molecular formula is C21H28N2O4S. The molecule has 2 aromatic rings. The fourth-order valence-electron chi connectivity index (χ4n) is 3.73. The van der Waals surface area contributed by atoms with Gasteiger partial charge in [-0.05, 0) is 25.0 Å². The van der Waals surface area contributed by atoms with Crippen molar-refractivity contribution >= 4 is 21.4 Å². The fourth-order valence-corrected chi connectivity index (χ4v) is 5.43. The van der Waals surface area contributed by atoms with Gasteiger partial charge in [0.2, 0.25) is 10.0 Å². The number of phenols is 1. The van der Waals surface area contributed by atoms with Crippen LogP contribution in [-0.2, 0) is 10.0 Å². The first kappa shape index (κ1) is 20.5. The summed E-state index contributed by atoms with van der Waals surface area (Å²) >= 11 is 0. The molecule has 6 nitrogen and oxygen atoms in total. The summed E-state index contributed by atoms with van der Waals surface area (Å²) in [7, 11) is -2.39. The maximum absolute atomic E-state index is 13.3. The van der Waals surface area contributed by atoms with Gasteiger partial charge in [0.1, 0.15) is 4.90 Å². The Hall–Kier alpha value is -2.25.